The second-order valence-corrected chi connectivity index (χ2v) is 10.2. The van der Waals surface area contributed by atoms with Gasteiger partial charge in [-0.1, -0.05) is 29.5 Å². The maximum atomic E-state index is 12.8. The lowest BCUT2D eigenvalue weighted by Crippen LogP contribution is -2.45. The van der Waals surface area contributed by atoms with Crippen LogP contribution in [-0.2, 0) is 4.79 Å². The van der Waals surface area contributed by atoms with E-state index >= 15 is 0 Å². The maximum absolute atomic E-state index is 12.8. The molecule has 192 valence electrons. The third-order valence-electron chi connectivity index (χ3n) is 7.09. The molecule has 2 aliphatic rings. The number of halogens is 1. The van der Waals surface area contributed by atoms with Gasteiger partial charge in [0, 0.05) is 24.8 Å². The summed E-state index contributed by atoms with van der Waals surface area (Å²) in [7, 11) is 0. The third kappa shape index (κ3) is 4.68. The lowest BCUT2D eigenvalue weighted by Gasteiger charge is -2.37. The molecule has 1 aliphatic heterocycles. The zero-order valence-electron chi connectivity index (χ0n) is 20.3. The minimum Gasteiger partial charge on any atom is -0.336 e. The highest BCUT2D eigenvalue weighted by Gasteiger charge is 2.49. The number of carbonyl (C=O) groups is 2. The highest BCUT2D eigenvalue weighted by Crippen LogP contribution is 2.54. The van der Waals surface area contributed by atoms with Crippen LogP contribution in [0.15, 0.2) is 61.6 Å². The molecule has 1 aliphatic carbocycles. The molecule has 6 rings (SSSR count). The molecule has 38 heavy (non-hydrogen) atoms. The van der Waals surface area contributed by atoms with Gasteiger partial charge >= 0.3 is 0 Å². The molecule has 0 aromatic carbocycles. The molecule has 5 heterocycles. The zero-order valence-corrected chi connectivity index (χ0v) is 21.1. The van der Waals surface area contributed by atoms with Crippen molar-refractivity contribution in [3.8, 4) is 22.6 Å². The Bertz CT molecular complexity index is 1520. The first kappa shape index (κ1) is 24.0. The quantitative estimate of drug-likeness (QED) is 0.363. The largest absolute Gasteiger partial charge is 0.336 e. The molecule has 1 saturated carbocycles. The molecule has 2 fully saturated rings. The van der Waals surface area contributed by atoms with Gasteiger partial charge in [-0.05, 0) is 55.0 Å². The number of amides is 2. The highest BCUT2D eigenvalue weighted by molar-refractivity contribution is 6.32. The summed E-state index contributed by atoms with van der Waals surface area (Å²) in [5, 5.41) is 18.5. The average Bonchev–Trinajstić information content (AvgIpc) is 3.31. The number of aromatic amines is 1. The molecule has 12 heteroatoms. The van der Waals surface area contributed by atoms with Crippen molar-refractivity contribution < 1.29 is 9.59 Å². The van der Waals surface area contributed by atoms with Crippen LogP contribution in [0.3, 0.4) is 0 Å². The molecule has 0 radical (unpaired) electrons. The van der Waals surface area contributed by atoms with Crippen molar-refractivity contribution in [2.45, 2.75) is 25.3 Å². The molecule has 1 spiro atoms. The summed E-state index contributed by atoms with van der Waals surface area (Å²) in [4.78, 5) is 35.7. The van der Waals surface area contributed by atoms with Crippen molar-refractivity contribution in [2.24, 2.45) is 5.41 Å². The fourth-order valence-electron chi connectivity index (χ4n) is 4.90. The van der Waals surface area contributed by atoms with E-state index in [-0.39, 0.29) is 23.1 Å². The first-order valence-corrected chi connectivity index (χ1v) is 12.6. The van der Waals surface area contributed by atoms with E-state index in [1.807, 2.05) is 21.8 Å². The Balaban J connectivity index is 1.14. The molecular weight excluding hydrogens is 506 g/mol. The van der Waals surface area contributed by atoms with Crippen LogP contribution < -0.4 is 5.32 Å². The first-order valence-electron chi connectivity index (χ1n) is 12.2. The Hall–Kier alpha value is -4.38. The summed E-state index contributed by atoms with van der Waals surface area (Å²) in [5.41, 5.74) is 2.88. The summed E-state index contributed by atoms with van der Waals surface area (Å²) in [5.74, 6) is -0.0757. The second-order valence-electron chi connectivity index (χ2n) is 9.75. The van der Waals surface area contributed by atoms with Gasteiger partial charge in [0.1, 0.15) is 22.9 Å². The Morgan fingerprint density at radius 3 is 2.76 bits per heavy atom. The van der Waals surface area contributed by atoms with E-state index in [4.69, 9.17) is 11.6 Å². The number of rotatable bonds is 6. The van der Waals surface area contributed by atoms with Crippen LogP contribution in [0.2, 0.25) is 5.02 Å². The van der Waals surface area contributed by atoms with E-state index in [0.29, 0.717) is 34.5 Å². The van der Waals surface area contributed by atoms with Gasteiger partial charge in [0.05, 0.1) is 29.2 Å². The number of aromatic nitrogens is 7. The number of H-pyrrole nitrogens is 1. The topological polar surface area (TPSA) is 135 Å². The second kappa shape index (κ2) is 9.49. The number of pyridine rings is 2. The van der Waals surface area contributed by atoms with Crippen molar-refractivity contribution in [3.63, 3.8) is 0 Å². The number of nitrogens with one attached hydrogen (secondary N) is 2. The zero-order chi connectivity index (χ0) is 26.3. The van der Waals surface area contributed by atoms with E-state index < -0.39 is 5.91 Å². The van der Waals surface area contributed by atoms with Crippen molar-refractivity contribution in [1.82, 2.24) is 40.1 Å². The normalized spacial score (nSPS) is 17.8. The molecule has 1 saturated heterocycles. The van der Waals surface area contributed by atoms with Crippen LogP contribution in [0.1, 0.15) is 35.8 Å². The molecule has 1 unspecified atom stereocenters. The molecular formula is C26H24ClN9O2. The van der Waals surface area contributed by atoms with Gasteiger partial charge in [-0.2, -0.15) is 5.10 Å². The minimum atomic E-state index is -0.404. The molecule has 1 atom stereocenters. The van der Waals surface area contributed by atoms with Crippen LogP contribution in [0.25, 0.3) is 22.6 Å². The smallest absolute Gasteiger partial charge is 0.275 e. The van der Waals surface area contributed by atoms with Crippen molar-refractivity contribution in [1.29, 1.82) is 0 Å². The average molecular weight is 530 g/mol. The SMILES string of the molecule is C=CC(=O)N1CC(n2cc(-c3ccc(NC(=O)c4cccc(-c5[nH]ncc5Cl)n4)nc3)nn2)CC2(CC2)C1. The standard InChI is InChI=1S/C26H24ClN9O2/c1-2-23(37)35-13-17(10-26(15-35)8-9-26)36-14-21(32-34-36)16-6-7-22(28-11-16)31-25(38)20-5-3-4-19(30-20)24-18(27)12-29-33-24/h2-7,11-12,14,17H,1,8-10,13,15H2,(H,29,33)(H,28,31,38). The number of hydrogen-bond acceptors (Lipinski definition) is 7. The van der Waals surface area contributed by atoms with Crippen molar-refractivity contribution >= 4 is 29.2 Å². The predicted molar refractivity (Wildman–Crippen MR) is 140 cm³/mol. The number of likely N-dealkylation sites (tertiary alicyclic amines) is 1. The van der Waals surface area contributed by atoms with Crippen LogP contribution >= 0.6 is 11.6 Å². The Kier molecular flexibility index (Phi) is 5.99. The van der Waals surface area contributed by atoms with Crippen LogP contribution in [-0.4, -0.2) is 65.0 Å². The van der Waals surface area contributed by atoms with Gasteiger partial charge in [0.25, 0.3) is 5.91 Å². The van der Waals surface area contributed by atoms with Crippen LogP contribution in [0.4, 0.5) is 5.82 Å². The highest BCUT2D eigenvalue weighted by atomic mass is 35.5. The number of anilines is 1. The third-order valence-corrected chi connectivity index (χ3v) is 7.37. The minimum absolute atomic E-state index is 0.0461. The van der Waals surface area contributed by atoms with E-state index in [2.05, 4.69) is 42.4 Å². The Morgan fingerprint density at radius 2 is 2.05 bits per heavy atom. The Morgan fingerprint density at radius 1 is 1.18 bits per heavy atom. The molecule has 11 nitrogen and oxygen atoms in total. The van der Waals surface area contributed by atoms with Crippen molar-refractivity contribution in [2.75, 3.05) is 18.4 Å². The van der Waals surface area contributed by atoms with Gasteiger partial charge < -0.3 is 10.2 Å². The van der Waals surface area contributed by atoms with E-state index in [1.54, 1.807) is 30.5 Å². The molecule has 4 aromatic heterocycles. The van der Waals surface area contributed by atoms with Gasteiger partial charge in [-0.3, -0.25) is 14.7 Å². The van der Waals surface area contributed by atoms with E-state index in [1.165, 1.54) is 12.3 Å². The first-order chi connectivity index (χ1) is 18.4. The van der Waals surface area contributed by atoms with Crippen LogP contribution in [0, 0.1) is 5.41 Å². The summed E-state index contributed by atoms with van der Waals surface area (Å²) in [6.07, 6.45) is 9.59. The number of carbonyl (C=O) groups excluding carboxylic acids is 2. The summed E-state index contributed by atoms with van der Waals surface area (Å²) in [6, 6.07) is 8.65. The molecule has 0 bridgehead atoms. The van der Waals surface area contributed by atoms with E-state index in [0.717, 1.165) is 31.4 Å². The number of piperidine rings is 1. The summed E-state index contributed by atoms with van der Waals surface area (Å²) < 4.78 is 1.85. The molecule has 2 amide bonds. The monoisotopic (exact) mass is 529 g/mol. The molecule has 2 N–H and O–H groups in total. The number of nitrogens with zero attached hydrogens (tertiary/aromatic N) is 7. The van der Waals surface area contributed by atoms with Gasteiger partial charge in [0.2, 0.25) is 5.91 Å². The lowest BCUT2D eigenvalue weighted by molar-refractivity contribution is -0.129. The fraction of sp³-hybridized carbons (Fsp3) is 0.269. The summed E-state index contributed by atoms with van der Waals surface area (Å²) >= 11 is 6.11. The fourth-order valence-corrected chi connectivity index (χ4v) is 5.09. The Labute approximate surface area is 222 Å². The van der Waals surface area contributed by atoms with E-state index in [9.17, 15) is 9.59 Å². The lowest BCUT2D eigenvalue weighted by atomic mass is 9.91. The van der Waals surface area contributed by atoms with Gasteiger partial charge in [-0.15, -0.1) is 5.10 Å². The van der Waals surface area contributed by atoms with Crippen molar-refractivity contribution in [3.05, 3.63) is 72.3 Å². The summed E-state index contributed by atoms with van der Waals surface area (Å²) in [6.45, 7) is 5.00. The van der Waals surface area contributed by atoms with Gasteiger partial charge in [0.15, 0.2) is 0 Å². The predicted octanol–water partition coefficient (Wildman–Crippen LogP) is 3.77. The molecule has 4 aromatic rings. The van der Waals surface area contributed by atoms with Crippen LogP contribution in [0.5, 0.6) is 0 Å². The van der Waals surface area contributed by atoms with Gasteiger partial charge in [-0.25, -0.2) is 14.6 Å². The number of hydrogen-bond donors (Lipinski definition) is 2. The maximum Gasteiger partial charge on any atom is 0.275 e.